The number of benzene rings is 2. The zero-order valence-corrected chi connectivity index (χ0v) is 19.1. The fraction of sp³-hybridized carbons (Fsp3) is 0.458. The van der Waals surface area contributed by atoms with Crippen LogP contribution in [0.4, 0.5) is 5.69 Å². The summed E-state index contributed by atoms with van der Waals surface area (Å²) in [6, 6.07) is 13.1. The summed E-state index contributed by atoms with van der Waals surface area (Å²) in [5, 5.41) is 11.3. The van der Waals surface area contributed by atoms with Gasteiger partial charge in [-0.05, 0) is 61.9 Å². The standard InChI is InChI=1S/C24H29BrN2O3/c1-2-15-26(22-9-4-3-5-10-22)24(28)20-8-6-7-18(16-20)11-12-19-17-21(25)13-14-23(19)27(29)30/h6-8,13-14,16-17,22H,2-5,9-12,15H2,1H3. The molecule has 0 heterocycles. The quantitative estimate of drug-likeness (QED) is 0.333. The van der Waals surface area contributed by atoms with Crippen LogP contribution in [0.3, 0.4) is 0 Å². The highest BCUT2D eigenvalue weighted by atomic mass is 79.9. The molecule has 3 rings (SSSR count). The number of amides is 1. The summed E-state index contributed by atoms with van der Waals surface area (Å²) in [5.41, 5.74) is 2.57. The summed E-state index contributed by atoms with van der Waals surface area (Å²) >= 11 is 3.40. The summed E-state index contributed by atoms with van der Waals surface area (Å²) in [6.07, 6.45) is 8.00. The van der Waals surface area contributed by atoms with Gasteiger partial charge in [0.15, 0.2) is 0 Å². The zero-order valence-electron chi connectivity index (χ0n) is 17.5. The number of aryl methyl sites for hydroxylation is 2. The van der Waals surface area contributed by atoms with Crippen molar-refractivity contribution < 1.29 is 9.72 Å². The third kappa shape index (κ3) is 5.69. The number of nitro groups is 1. The van der Waals surface area contributed by atoms with E-state index in [1.54, 1.807) is 12.1 Å². The van der Waals surface area contributed by atoms with E-state index in [-0.39, 0.29) is 16.5 Å². The van der Waals surface area contributed by atoms with Gasteiger partial charge in [-0.3, -0.25) is 14.9 Å². The smallest absolute Gasteiger partial charge is 0.272 e. The third-order valence-electron chi connectivity index (χ3n) is 5.84. The molecule has 0 atom stereocenters. The molecule has 0 aromatic heterocycles. The summed E-state index contributed by atoms with van der Waals surface area (Å²) in [7, 11) is 0. The van der Waals surface area contributed by atoms with Crippen LogP contribution < -0.4 is 0 Å². The first-order valence-electron chi connectivity index (χ1n) is 10.8. The summed E-state index contributed by atoms with van der Waals surface area (Å²) in [5.74, 6) is 0.110. The van der Waals surface area contributed by atoms with Gasteiger partial charge in [-0.1, -0.05) is 54.2 Å². The second kappa shape index (κ2) is 10.7. The molecule has 0 aliphatic heterocycles. The molecule has 6 heteroatoms. The molecule has 1 fully saturated rings. The molecular formula is C24H29BrN2O3. The highest BCUT2D eigenvalue weighted by molar-refractivity contribution is 9.10. The first-order valence-corrected chi connectivity index (χ1v) is 11.6. The van der Waals surface area contributed by atoms with Crippen LogP contribution >= 0.6 is 15.9 Å². The van der Waals surface area contributed by atoms with Gasteiger partial charge in [0.1, 0.15) is 0 Å². The molecule has 160 valence electrons. The van der Waals surface area contributed by atoms with E-state index in [1.807, 2.05) is 24.3 Å². The van der Waals surface area contributed by atoms with Crippen molar-refractivity contribution in [3.63, 3.8) is 0 Å². The summed E-state index contributed by atoms with van der Waals surface area (Å²) in [6.45, 7) is 2.91. The topological polar surface area (TPSA) is 63.5 Å². The molecule has 1 saturated carbocycles. The van der Waals surface area contributed by atoms with Crippen LogP contribution in [0.5, 0.6) is 0 Å². The van der Waals surface area contributed by atoms with Crippen LogP contribution in [0.1, 0.15) is 66.9 Å². The van der Waals surface area contributed by atoms with Gasteiger partial charge in [0, 0.05) is 34.3 Å². The number of nitro benzene ring substituents is 1. The lowest BCUT2D eigenvalue weighted by Gasteiger charge is -2.34. The molecule has 5 nitrogen and oxygen atoms in total. The number of carbonyl (C=O) groups is 1. The van der Waals surface area contributed by atoms with E-state index in [4.69, 9.17) is 0 Å². The van der Waals surface area contributed by atoms with Gasteiger partial charge in [-0.15, -0.1) is 0 Å². The lowest BCUT2D eigenvalue weighted by Crippen LogP contribution is -2.42. The van der Waals surface area contributed by atoms with Crippen LogP contribution in [0.15, 0.2) is 46.9 Å². The normalized spacial score (nSPS) is 14.5. The number of halogens is 1. The first kappa shape index (κ1) is 22.5. The van der Waals surface area contributed by atoms with E-state index < -0.39 is 0 Å². The largest absolute Gasteiger partial charge is 0.336 e. The van der Waals surface area contributed by atoms with Gasteiger partial charge in [0.05, 0.1) is 4.92 Å². The molecule has 30 heavy (non-hydrogen) atoms. The van der Waals surface area contributed by atoms with Crippen molar-refractivity contribution in [1.82, 2.24) is 4.90 Å². The lowest BCUT2D eigenvalue weighted by molar-refractivity contribution is -0.385. The molecule has 0 saturated heterocycles. The van der Waals surface area contributed by atoms with Crippen molar-refractivity contribution in [3.8, 4) is 0 Å². The van der Waals surface area contributed by atoms with Gasteiger partial charge in [0.25, 0.3) is 11.6 Å². The third-order valence-corrected chi connectivity index (χ3v) is 6.33. The Morgan fingerprint density at radius 1 is 1.13 bits per heavy atom. The van der Waals surface area contributed by atoms with Gasteiger partial charge in [0.2, 0.25) is 0 Å². The number of hydrogen-bond acceptors (Lipinski definition) is 3. The van der Waals surface area contributed by atoms with Crippen LogP contribution in [0.25, 0.3) is 0 Å². The zero-order chi connectivity index (χ0) is 21.5. The van der Waals surface area contributed by atoms with Gasteiger partial charge in [-0.25, -0.2) is 0 Å². The number of carbonyl (C=O) groups excluding carboxylic acids is 1. The van der Waals surface area contributed by atoms with Crippen LogP contribution in [-0.2, 0) is 12.8 Å². The maximum atomic E-state index is 13.3. The second-order valence-corrected chi connectivity index (χ2v) is 8.94. The van der Waals surface area contributed by atoms with Crippen molar-refractivity contribution >= 4 is 27.5 Å². The minimum atomic E-state index is -0.339. The molecule has 0 radical (unpaired) electrons. The van der Waals surface area contributed by atoms with Gasteiger partial charge >= 0.3 is 0 Å². The molecule has 0 N–H and O–H groups in total. The SMILES string of the molecule is CCCN(C(=O)c1cccc(CCc2cc(Br)ccc2[N+](=O)[O-])c1)C1CCCCC1. The molecule has 1 aliphatic carbocycles. The molecule has 0 spiro atoms. The van der Waals surface area contributed by atoms with E-state index in [0.29, 0.717) is 24.4 Å². The molecule has 0 bridgehead atoms. The van der Waals surface area contributed by atoms with E-state index >= 15 is 0 Å². The Morgan fingerprint density at radius 3 is 2.60 bits per heavy atom. The predicted octanol–water partition coefficient (Wildman–Crippen LogP) is 6.33. The minimum Gasteiger partial charge on any atom is -0.336 e. The van der Waals surface area contributed by atoms with Crippen LogP contribution in [0, 0.1) is 10.1 Å². The van der Waals surface area contributed by atoms with Crippen LogP contribution in [0.2, 0.25) is 0 Å². The average Bonchev–Trinajstić information content (AvgIpc) is 2.76. The van der Waals surface area contributed by atoms with Crippen LogP contribution in [-0.4, -0.2) is 28.3 Å². The first-order chi connectivity index (χ1) is 14.5. The number of nitrogens with zero attached hydrogens (tertiary/aromatic N) is 2. The van der Waals surface area contributed by atoms with E-state index in [9.17, 15) is 14.9 Å². The highest BCUT2D eigenvalue weighted by Crippen LogP contribution is 2.26. The molecule has 1 amide bonds. The molecular weight excluding hydrogens is 444 g/mol. The Morgan fingerprint density at radius 2 is 1.90 bits per heavy atom. The van der Waals surface area contributed by atoms with Crippen molar-refractivity contribution in [2.75, 3.05) is 6.54 Å². The second-order valence-electron chi connectivity index (χ2n) is 8.02. The van der Waals surface area contributed by atoms with E-state index in [2.05, 4.69) is 27.8 Å². The fourth-order valence-corrected chi connectivity index (χ4v) is 4.73. The maximum Gasteiger partial charge on any atom is 0.272 e. The van der Waals surface area contributed by atoms with E-state index in [0.717, 1.165) is 41.4 Å². The minimum absolute atomic E-state index is 0.110. The Hall–Kier alpha value is -2.21. The highest BCUT2D eigenvalue weighted by Gasteiger charge is 2.25. The molecule has 2 aromatic rings. The number of rotatable bonds is 8. The van der Waals surface area contributed by atoms with Gasteiger partial charge < -0.3 is 4.90 Å². The Kier molecular flexibility index (Phi) is 8.02. The molecule has 1 aliphatic rings. The van der Waals surface area contributed by atoms with Crippen molar-refractivity contribution in [2.45, 2.75) is 64.3 Å². The fourth-order valence-electron chi connectivity index (χ4n) is 4.32. The van der Waals surface area contributed by atoms with Crippen molar-refractivity contribution in [3.05, 3.63) is 73.7 Å². The summed E-state index contributed by atoms with van der Waals surface area (Å²) < 4.78 is 0.828. The predicted molar refractivity (Wildman–Crippen MR) is 123 cm³/mol. The van der Waals surface area contributed by atoms with Crippen molar-refractivity contribution in [2.24, 2.45) is 0 Å². The molecule has 0 unspecified atom stereocenters. The Labute approximate surface area is 186 Å². The van der Waals surface area contributed by atoms with E-state index in [1.165, 1.54) is 25.3 Å². The number of hydrogen-bond donors (Lipinski definition) is 0. The Balaban J connectivity index is 1.74. The summed E-state index contributed by atoms with van der Waals surface area (Å²) in [4.78, 5) is 26.3. The Bertz CT molecular complexity index is 894. The molecule has 2 aromatic carbocycles. The average molecular weight is 473 g/mol. The van der Waals surface area contributed by atoms with Gasteiger partial charge in [-0.2, -0.15) is 0 Å². The van der Waals surface area contributed by atoms with Crippen molar-refractivity contribution in [1.29, 1.82) is 0 Å². The lowest BCUT2D eigenvalue weighted by atomic mass is 9.93. The monoisotopic (exact) mass is 472 g/mol. The maximum absolute atomic E-state index is 13.3.